The van der Waals surface area contributed by atoms with Crippen molar-refractivity contribution in [3.63, 3.8) is 0 Å². The predicted molar refractivity (Wildman–Crippen MR) is 87.6 cm³/mol. The van der Waals surface area contributed by atoms with Crippen molar-refractivity contribution in [2.24, 2.45) is 0 Å². The average Bonchev–Trinajstić information content (AvgIpc) is 2.43. The van der Waals surface area contributed by atoms with Gasteiger partial charge in [-0.25, -0.2) is 0 Å². The van der Waals surface area contributed by atoms with Crippen LogP contribution in [0, 0.1) is 0 Å². The lowest BCUT2D eigenvalue weighted by atomic mass is 10.0. The summed E-state index contributed by atoms with van der Waals surface area (Å²) in [5.41, 5.74) is 0. The Kier molecular flexibility index (Phi) is 16.6. The molecule has 3 heteroatoms. The van der Waals surface area contributed by atoms with Crippen molar-refractivity contribution in [2.75, 3.05) is 5.88 Å². The molecule has 2 nitrogen and oxygen atoms in total. The zero-order valence-electron chi connectivity index (χ0n) is 13.0. The number of unbranched alkanes of at least 4 members (excludes halogenated alkanes) is 13. The lowest BCUT2D eigenvalue weighted by Crippen LogP contribution is -1.93. The minimum atomic E-state index is -0.660. The molecule has 0 saturated carbocycles. The number of halogens is 1. The van der Waals surface area contributed by atoms with Gasteiger partial charge in [-0.3, -0.25) is 4.79 Å². The second kappa shape index (κ2) is 16.8. The lowest BCUT2D eigenvalue weighted by molar-refractivity contribution is -0.137. The summed E-state index contributed by atoms with van der Waals surface area (Å²) in [6.45, 7) is 0. The van der Waals surface area contributed by atoms with Crippen molar-refractivity contribution in [1.29, 1.82) is 0 Å². The molecule has 0 aromatic rings. The van der Waals surface area contributed by atoms with Gasteiger partial charge in [0.1, 0.15) is 0 Å². The first-order chi connectivity index (χ1) is 9.77. The molecule has 0 spiro atoms. The van der Waals surface area contributed by atoms with Crippen LogP contribution < -0.4 is 0 Å². The van der Waals surface area contributed by atoms with Gasteiger partial charge in [0.2, 0.25) is 0 Å². The van der Waals surface area contributed by atoms with E-state index < -0.39 is 5.97 Å². The summed E-state index contributed by atoms with van der Waals surface area (Å²) >= 11 is 5.64. The fourth-order valence-electron chi connectivity index (χ4n) is 2.49. The van der Waals surface area contributed by atoms with Crippen LogP contribution in [0.2, 0.25) is 0 Å². The van der Waals surface area contributed by atoms with Gasteiger partial charge in [-0.2, -0.15) is 0 Å². The van der Waals surface area contributed by atoms with Crippen LogP contribution in [-0.2, 0) is 4.79 Å². The number of carboxylic acids is 1. The normalized spacial score (nSPS) is 10.8. The molecule has 0 bridgehead atoms. The molecule has 0 atom stereocenters. The quantitative estimate of drug-likeness (QED) is 0.274. The van der Waals surface area contributed by atoms with E-state index in [1.165, 1.54) is 77.0 Å². The highest BCUT2D eigenvalue weighted by Crippen LogP contribution is 2.13. The largest absolute Gasteiger partial charge is 0.481 e. The molecular weight excluding hydrogens is 272 g/mol. The highest BCUT2D eigenvalue weighted by Gasteiger charge is 1.97. The molecular formula is C17H33ClO2. The smallest absolute Gasteiger partial charge is 0.303 e. The van der Waals surface area contributed by atoms with E-state index in [1.54, 1.807) is 0 Å². The topological polar surface area (TPSA) is 37.3 Å². The van der Waals surface area contributed by atoms with Crippen LogP contribution >= 0.6 is 11.6 Å². The van der Waals surface area contributed by atoms with Crippen molar-refractivity contribution in [3.8, 4) is 0 Å². The van der Waals surface area contributed by atoms with Crippen molar-refractivity contribution >= 4 is 17.6 Å². The molecule has 120 valence electrons. The lowest BCUT2D eigenvalue weighted by Gasteiger charge is -2.03. The van der Waals surface area contributed by atoms with Crippen LogP contribution in [-0.4, -0.2) is 17.0 Å². The maximum Gasteiger partial charge on any atom is 0.303 e. The van der Waals surface area contributed by atoms with Gasteiger partial charge in [0.05, 0.1) is 0 Å². The van der Waals surface area contributed by atoms with Gasteiger partial charge in [0.25, 0.3) is 0 Å². The van der Waals surface area contributed by atoms with Crippen LogP contribution in [0.1, 0.15) is 96.3 Å². The van der Waals surface area contributed by atoms with E-state index in [-0.39, 0.29) is 0 Å². The van der Waals surface area contributed by atoms with Crippen LogP contribution in [0.25, 0.3) is 0 Å². The van der Waals surface area contributed by atoms with E-state index in [0.29, 0.717) is 6.42 Å². The maximum atomic E-state index is 10.3. The molecule has 0 aromatic heterocycles. The van der Waals surface area contributed by atoms with Gasteiger partial charge in [0, 0.05) is 12.3 Å². The minimum absolute atomic E-state index is 0.338. The first kappa shape index (κ1) is 19.8. The zero-order chi connectivity index (χ0) is 14.9. The second-order valence-electron chi connectivity index (χ2n) is 5.78. The standard InChI is InChI=1S/C17H33ClO2/c18-16-14-12-10-8-6-4-2-1-3-5-7-9-11-13-15-17(19)20/h1-16H2,(H,19,20). The van der Waals surface area contributed by atoms with Crippen molar-refractivity contribution < 1.29 is 9.90 Å². The van der Waals surface area contributed by atoms with E-state index in [9.17, 15) is 4.79 Å². The monoisotopic (exact) mass is 304 g/mol. The Morgan fingerprint density at radius 1 is 0.600 bits per heavy atom. The maximum absolute atomic E-state index is 10.3. The minimum Gasteiger partial charge on any atom is -0.481 e. The fourth-order valence-corrected chi connectivity index (χ4v) is 2.68. The first-order valence-electron chi connectivity index (χ1n) is 8.55. The average molecular weight is 305 g/mol. The van der Waals surface area contributed by atoms with Gasteiger partial charge in [-0.05, 0) is 12.8 Å². The number of hydrogen-bond acceptors (Lipinski definition) is 1. The third kappa shape index (κ3) is 17.8. The number of hydrogen-bond donors (Lipinski definition) is 1. The van der Waals surface area contributed by atoms with Crippen LogP contribution in [0.4, 0.5) is 0 Å². The molecule has 0 aromatic carbocycles. The fraction of sp³-hybridized carbons (Fsp3) is 0.941. The van der Waals surface area contributed by atoms with Crippen molar-refractivity contribution in [3.05, 3.63) is 0 Å². The summed E-state index contributed by atoms with van der Waals surface area (Å²) in [6.07, 6.45) is 18.1. The van der Waals surface area contributed by atoms with Crippen molar-refractivity contribution in [2.45, 2.75) is 96.3 Å². The summed E-state index contributed by atoms with van der Waals surface area (Å²) < 4.78 is 0. The molecule has 0 amide bonds. The van der Waals surface area contributed by atoms with E-state index in [4.69, 9.17) is 16.7 Å². The number of alkyl halides is 1. The molecule has 0 heterocycles. The van der Waals surface area contributed by atoms with E-state index in [0.717, 1.165) is 18.7 Å². The predicted octanol–water partition coefficient (Wildman–Crippen LogP) is 6.16. The Hall–Kier alpha value is -0.240. The first-order valence-corrected chi connectivity index (χ1v) is 9.08. The van der Waals surface area contributed by atoms with E-state index in [1.807, 2.05) is 0 Å². The molecule has 0 radical (unpaired) electrons. The molecule has 0 fully saturated rings. The highest BCUT2D eigenvalue weighted by atomic mass is 35.5. The van der Waals surface area contributed by atoms with Gasteiger partial charge in [0.15, 0.2) is 0 Å². The number of carbonyl (C=O) groups is 1. The van der Waals surface area contributed by atoms with Gasteiger partial charge in [-0.15, -0.1) is 11.6 Å². The van der Waals surface area contributed by atoms with Gasteiger partial charge >= 0.3 is 5.97 Å². The molecule has 0 aliphatic rings. The third-order valence-electron chi connectivity index (χ3n) is 3.77. The molecule has 1 N–H and O–H groups in total. The Balaban J connectivity index is 2.94. The molecule has 0 unspecified atom stereocenters. The Bertz CT molecular complexity index is 207. The van der Waals surface area contributed by atoms with Crippen molar-refractivity contribution in [1.82, 2.24) is 0 Å². The molecule has 0 rings (SSSR count). The molecule has 0 saturated heterocycles. The summed E-state index contributed by atoms with van der Waals surface area (Å²) in [6, 6.07) is 0. The third-order valence-corrected chi connectivity index (χ3v) is 4.04. The highest BCUT2D eigenvalue weighted by molar-refractivity contribution is 6.17. The summed E-state index contributed by atoms with van der Waals surface area (Å²) in [5, 5.41) is 8.51. The Morgan fingerprint density at radius 3 is 1.20 bits per heavy atom. The second-order valence-corrected chi connectivity index (χ2v) is 6.16. The summed E-state index contributed by atoms with van der Waals surface area (Å²) in [7, 11) is 0. The zero-order valence-corrected chi connectivity index (χ0v) is 13.8. The van der Waals surface area contributed by atoms with E-state index in [2.05, 4.69) is 0 Å². The van der Waals surface area contributed by atoms with Crippen LogP contribution in [0.15, 0.2) is 0 Å². The molecule has 0 aliphatic heterocycles. The SMILES string of the molecule is O=C(O)CCCCCCCCCCCCCCCCCl. The Morgan fingerprint density at radius 2 is 0.900 bits per heavy atom. The van der Waals surface area contributed by atoms with Crippen LogP contribution in [0.5, 0.6) is 0 Å². The molecule has 0 aliphatic carbocycles. The molecule has 20 heavy (non-hydrogen) atoms. The summed E-state index contributed by atoms with van der Waals surface area (Å²) in [4.78, 5) is 10.3. The number of carboxylic acid groups (broad SMARTS) is 1. The Labute approximate surface area is 130 Å². The van der Waals surface area contributed by atoms with E-state index >= 15 is 0 Å². The van der Waals surface area contributed by atoms with Crippen LogP contribution in [0.3, 0.4) is 0 Å². The van der Waals surface area contributed by atoms with Gasteiger partial charge in [-0.1, -0.05) is 77.0 Å². The number of rotatable bonds is 16. The van der Waals surface area contributed by atoms with Gasteiger partial charge < -0.3 is 5.11 Å². The summed E-state index contributed by atoms with van der Waals surface area (Å²) in [5.74, 6) is 0.156. The number of aliphatic carboxylic acids is 1.